The van der Waals surface area contributed by atoms with E-state index in [-0.39, 0.29) is 24.1 Å². The molecule has 1 unspecified atom stereocenters. The number of amides is 1. The summed E-state index contributed by atoms with van der Waals surface area (Å²) in [6.07, 6.45) is 0.524. The van der Waals surface area contributed by atoms with E-state index in [2.05, 4.69) is 0 Å². The molecule has 4 aliphatic rings. The number of carbonyl (C=O) groups is 3. The molecule has 0 heterocycles. The second kappa shape index (κ2) is 10.7. The van der Waals surface area contributed by atoms with Gasteiger partial charge in [-0.1, -0.05) is 32.1 Å². The van der Waals surface area contributed by atoms with Gasteiger partial charge >= 0.3 is 6.18 Å². The highest BCUT2D eigenvalue weighted by atomic mass is 19.4. The van der Waals surface area contributed by atoms with Crippen molar-refractivity contribution < 1.29 is 48.0 Å². The first-order chi connectivity index (χ1) is 19.7. The second-order valence-corrected chi connectivity index (χ2v) is 12.2. The van der Waals surface area contributed by atoms with Gasteiger partial charge in [0.2, 0.25) is 5.78 Å². The van der Waals surface area contributed by atoms with Gasteiger partial charge in [0.25, 0.3) is 5.91 Å². The zero-order valence-electron chi connectivity index (χ0n) is 23.3. The number of aromatic hydroxyl groups is 1. The molecule has 2 fully saturated rings. The second-order valence-electron chi connectivity index (χ2n) is 12.2. The molecule has 9 nitrogen and oxygen atoms in total. The summed E-state index contributed by atoms with van der Waals surface area (Å²) in [7, 11) is 1.72. The predicted molar refractivity (Wildman–Crippen MR) is 144 cm³/mol. The number of primary amides is 1. The molecule has 228 valence electrons. The molecule has 0 spiro atoms. The number of aliphatic hydroxyl groups is 3. The van der Waals surface area contributed by atoms with Crippen molar-refractivity contribution in [2.45, 2.75) is 76.1 Å². The number of hydrogen-bond donors (Lipinski definition) is 5. The molecule has 0 saturated heterocycles. The molecule has 0 aromatic heterocycles. The van der Waals surface area contributed by atoms with Crippen LogP contribution in [0, 0.1) is 17.8 Å². The van der Waals surface area contributed by atoms with Gasteiger partial charge in [-0.15, -0.1) is 0 Å². The van der Waals surface area contributed by atoms with Crippen molar-refractivity contribution >= 4 is 23.2 Å². The fourth-order valence-corrected chi connectivity index (χ4v) is 7.49. The number of rotatable bonds is 6. The van der Waals surface area contributed by atoms with Crippen molar-refractivity contribution in [2.24, 2.45) is 23.5 Å². The maximum atomic E-state index is 14.6. The molecule has 3 atom stereocenters. The van der Waals surface area contributed by atoms with Crippen LogP contribution in [0.2, 0.25) is 0 Å². The predicted octanol–water partition coefficient (Wildman–Crippen LogP) is 3.84. The summed E-state index contributed by atoms with van der Waals surface area (Å²) >= 11 is 0. The van der Waals surface area contributed by atoms with E-state index in [1.54, 1.807) is 11.9 Å². The molecular formula is C30H35F3N2O7. The normalized spacial score (nSPS) is 26.8. The van der Waals surface area contributed by atoms with Crippen LogP contribution in [0.15, 0.2) is 23.0 Å². The maximum absolute atomic E-state index is 14.6. The molecule has 5 rings (SSSR count). The Kier molecular flexibility index (Phi) is 7.68. The first-order valence-electron chi connectivity index (χ1n) is 14.3. The molecule has 1 aromatic carbocycles. The Bertz CT molecular complexity index is 1410. The van der Waals surface area contributed by atoms with Crippen molar-refractivity contribution in [1.82, 2.24) is 4.90 Å². The smallest absolute Gasteiger partial charge is 0.417 e. The zero-order valence-corrected chi connectivity index (χ0v) is 23.3. The lowest BCUT2D eigenvalue weighted by atomic mass is 9.59. The van der Waals surface area contributed by atoms with E-state index >= 15 is 0 Å². The van der Waals surface area contributed by atoms with E-state index in [1.807, 2.05) is 0 Å². The van der Waals surface area contributed by atoms with Crippen LogP contribution < -0.4 is 5.73 Å². The standard InChI is InChI=1S/C30H35F3N2O7/c1-35(8-7-14-5-3-2-4-6-14)13-16-11-19(36)22-18(24(16)30(31,32)33)10-15-9-17-12-20(37)23(28(34)41)27(40)29(17,42)26(39)21(15)25(22)38/h11,14-15,17,36,38,40,42H,2-10,12-13H2,1H3,(H2,34,41)/t15?,17-,29-/m0/s1. The molecule has 6 N–H and O–H groups in total. The lowest BCUT2D eigenvalue weighted by molar-refractivity contribution is -0.147. The number of phenols is 1. The molecular weight excluding hydrogens is 557 g/mol. The van der Waals surface area contributed by atoms with Gasteiger partial charge in [-0.3, -0.25) is 14.4 Å². The molecule has 2 saturated carbocycles. The molecule has 1 amide bonds. The Balaban J connectivity index is 1.55. The minimum Gasteiger partial charge on any atom is -0.508 e. The van der Waals surface area contributed by atoms with E-state index in [9.17, 15) is 48.0 Å². The first-order valence-corrected chi connectivity index (χ1v) is 14.3. The third-order valence-corrected chi connectivity index (χ3v) is 9.52. The molecule has 42 heavy (non-hydrogen) atoms. The third kappa shape index (κ3) is 4.88. The molecule has 0 bridgehead atoms. The van der Waals surface area contributed by atoms with Gasteiger partial charge in [0.1, 0.15) is 22.8 Å². The number of Topliss-reactive ketones (excluding diaryl/α,β-unsaturated/α-hetero) is 2. The summed E-state index contributed by atoms with van der Waals surface area (Å²) < 4.78 is 43.9. The fraction of sp³-hybridized carbons (Fsp3) is 0.567. The molecule has 1 aromatic rings. The highest BCUT2D eigenvalue weighted by Crippen LogP contribution is 2.54. The van der Waals surface area contributed by atoms with Crippen LogP contribution in [0.5, 0.6) is 5.75 Å². The summed E-state index contributed by atoms with van der Waals surface area (Å²) in [5, 5.41) is 44.0. The first kappa shape index (κ1) is 30.1. The van der Waals surface area contributed by atoms with Crippen molar-refractivity contribution in [1.29, 1.82) is 0 Å². The van der Waals surface area contributed by atoms with Crippen LogP contribution in [0.1, 0.15) is 73.6 Å². The number of benzene rings is 1. The number of halogens is 3. The average molecular weight is 593 g/mol. The number of aliphatic hydroxyl groups excluding tert-OH is 2. The Hall–Kier alpha value is -3.38. The lowest BCUT2D eigenvalue weighted by Gasteiger charge is -2.46. The van der Waals surface area contributed by atoms with Crippen molar-refractivity contribution in [3.8, 4) is 5.75 Å². The third-order valence-electron chi connectivity index (χ3n) is 9.52. The minimum atomic E-state index is -4.85. The molecule has 0 aliphatic heterocycles. The number of carbonyl (C=O) groups excluding carboxylic acids is 3. The largest absolute Gasteiger partial charge is 0.508 e. The number of hydrogen-bond acceptors (Lipinski definition) is 8. The van der Waals surface area contributed by atoms with Crippen LogP contribution in [0.3, 0.4) is 0 Å². The summed E-state index contributed by atoms with van der Waals surface area (Å²) in [5.74, 6) is -8.13. The monoisotopic (exact) mass is 592 g/mol. The quantitative estimate of drug-likeness (QED) is 0.311. The number of fused-ring (bicyclic) bond motifs is 3. The van der Waals surface area contributed by atoms with Gasteiger partial charge in [-0.25, -0.2) is 0 Å². The van der Waals surface area contributed by atoms with Crippen LogP contribution in [-0.2, 0) is 33.5 Å². The van der Waals surface area contributed by atoms with Gasteiger partial charge in [-0.05, 0) is 61.9 Å². The van der Waals surface area contributed by atoms with Crippen molar-refractivity contribution in [2.75, 3.05) is 13.6 Å². The number of phenolic OH excluding ortho intramolecular Hbond substituents is 1. The lowest BCUT2D eigenvalue weighted by Crippen LogP contribution is -2.58. The van der Waals surface area contributed by atoms with Crippen LogP contribution in [0.25, 0.3) is 5.76 Å². The van der Waals surface area contributed by atoms with Crippen LogP contribution >= 0.6 is 0 Å². The average Bonchev–Trinajstić information content (AvgIpc) is 2.89. The fourth-order valence-electron chi connectivity index (χ4n) is 7.49. The number of nitrogens with zero attached hydrogens (tertiary/aromatic N) is 1. The van der Waals surface area contributed by atoms with Crippen LogP contribution in [0.4, 0.5) is 13.2 Å². The highest BCUT2D eigenvalue weighted by Gasteiger charge is 2.60. The zero-order chi connectivity index (χ0) is 30.7. The Morgan fingerprint density at radius 2 is 1.79 bits per heavy atom. The summed E-state index contributed by atoms with van der Waals surface area (Å²) in [6.45, 7) is 0.472. The summed E-state index contributed by atoms with van der Waals surface area (Å²) in [4.78, 5) is 39.7. The van der Waals surface area contributed by atoms with Gasteiger partial charge in [0, 0.05) is 24.5 Å². The Labute approximate surface area is 240 Å². The van der Waals surface area contributed by atoms with Crippen LogP contribution in [-0.4, -0.2) is 62.0 Å². The number of nitrogens with two attached hydrogens (primary N) is 1. The topological polar surface area (TPSA) is 161 Å². The number of alkyl halides is 3. The Morgan fingerprint density at radius 1 is 1.12 bits per heavy atom. The van der Waals surface area contributed by atoms with Crippen molar-refractivity contribution in [3.63, 3.8) is 0 Å². The minimum absolute atomic E-state index is 0.102. The van der Waals surface area contributed by atoms with Gasteiger partial charge < -0.3 is 31.1 Å². The molecule has 12 heteroatoms. The SMILES string of the molecule is CN(CCC1CCCCC1)Cc1cc(O)c2c(c1C(F)(F)F)CC1C[C@H]3CC(=O)C(C(N)=O)=C(O)[C@@]3(O)C(=O)C1=C2O. The van der Waals surface area contributed by atoms with E-state index in [0.717, 1.165) is 38.2 Å². The Morgan fingerprint density at radius 3 is 2.40 bits per heavy atom. The van der Waals surface area contributed by atoms with E-state index in [1.165, 1.54) is 6.42 Å². The highest BCUT2D eigenvalue weighted by molar-refractivity contribution is 6.22. The molecule has 4 aliphatic carbocycles. The number of ketones is 2. The van der Waals surface area contributed by atoms with E-state index < -0.39 is 93.5 Å². The van der Waals surface area contributed by atoms with E-state index in [0.29, 0.717) is 12.5 Å². The maximum Gasteiger partial charge on any atom is 0.417 e. The van der Waals surface area contributed by atoms with Gasteiger partial charge in [0.05, 0.1) is 11.1 Å². The van der Waals surface area contributed by atoms with Gasteiger partial charge in [0.15, 0.2) is 11.4 Å². The van der Waals surface area contributed by atoms with E-state index in [4.69, 9.17) is 5.73 Å². The summed E-state index contributed by atoms with van der Waals surface area (Å²) in [5.41, 5.74) is -1.13. The molecule has 0 radical (unpaired) electrons. The van der Waals surface area contributed by atoms with Crippen molar-refractivity contribution in [3.05, 3.63) is 45.2 Å². The van der Waals surface area contributed by atoms with Gasteiger partial charge in [-0.2, -0.15) is 13.2 Å². The summed E-state index contributed by atoms with van der Waals surface area (Å²) in [6, 6.07) is 0.947.